The summed E-state index contributed by atoms with van der Waals surface area (Å²) in [4.78, 5) is 11.7. The predicted molar refractivity (Wildman–Crippen MR) is 85.2 cm³/mol. The minimum atomic E-state index is 0.0796. The SMILES string of the molecule is CCC(C)NC(=O)CCNCc1cn[nH]c1-c1ccc(C)o1. The Balaban J connectivity index is 1.79. The van der Waals surface area contributed by atoms with Crippen LogP contribution < -0.4 is 10.6 Å². The lowest BCUT2D eigenvalue weighted by Crippen LogP contribution is -2.33. The van der Waals surface area contributed by atoms with Gasteiger partial charge in [0.2, 0.25) is 5.91 Å². The van der Waals surface area contributed by atoms with Crippen LogP contribution in [-0.2, 0) is 11.3 Å². The van der Waals surface area contributed by atoms with E-state index in [2.05, 4.69) is 27.8 Å². The number of hydrogen-bond acceptors (Lipinski definition) is 4. The first kappa shape index (κ1) is 16.3. The third kappa shape index (κ3) is 4.46. The number of carbonyl (C=O) groups excluding carboxylic acids is 1. The Morgan fingerprint density at radius 3 is 2.95 bits per heavy atom. The highest BCUT2D eigenvalue weighted by atomic mass is 16.3. The van der Waals surface area contributed by atoms with E-state index in [0.717, 1.165) is 29.2 Å². The lowest BCUT2D eigenvalue weighted by molar-refractivity contribution is -0.121. The molecule has 6 heteroatoms. The molecule has 22 heavy (non-hydrogen) atoms. The Morgan fingerprint density at radius 2 is 2.27 bits per heavy atom. The van der Waals surface area contributed by atoms with Gasteiger partial charge in [-0.2, -0.15) is 5.10 Å². The first-order valence-corrected chi connectivity index (χ1v) is 7.69. The van der Waals surface area contributed by atoms with Crippen LogP contribution in [0.4, 0.5) is 0 Å². The van der Waals surface area contributed by atoms with Crippen molar-refractivity contribution in [1.82, 2.24) is 20.8 Å². The molecule has 2 aromatic rings. The van der Waals surface area contributed by atoms with E-state index in [9.17, 15) is 4.79 Å². The first-order valence-electron chi connectivity index (χ1n) is 7.69. The number of carbonyl (C=O) groups is 1. The Kier molecular flexibility index (Phi) is 5.77. The van der Waals surface area contributed by atoms with Gasteiger partial charge in [-0.05, 0) is 32.4 Å². The van der Waals surface area contributed by atoms with Crippen molar-refractivity contribution in [2.24, 2.45) is 0 Å². The normalized spacial score (nSPS) is 12.3. The third-order valence-electron chi connectivity index (χ3n) is 3.57. The van der Waals surface area contributed by atoms with Crippen molar-refractivity contribution in [1.29, 1.82) is 0 Å². The molecule has 0 aliphatic heterocycles. The number of aromatic amines is 1. The first-order chi connectivity index (χ1) is 10.6. The number of hydrogen-bond donors (Lipinski definition) is 3. The summed E-state index contributed by atoms with van der Waals surface area (Å²) in [6.45, 7) is 7.24. The van der Waals surface area contributed by atoms with Crippen LogP contribution in [0.15, 0.2) is 22.7 Å². The van der Waals surface area contributed by atoms with Gasteiger partial charge in [0.05, 0.1) is 6.20 Å². The van der Waals surface area contributed by atoms with Crippen LogP contribution in [0.3, 0.4) is 0 Å². The average molecular weight is 304 g/mol. The number of furan rings is 1. The quantitative estimate of drug-likeness (QED) is 0.654. The van der Waals surface area contributed by atoms with Crippen molar-refractivity contribution in [2.45, 2.75) is 46.2 Å². The highest BCUT2D eigenvalue weighted by Gasteiger charge is 2.11. The number of nitrogens with one attached hydrogen (secondary N) is 3. The largest absolute Gasteiger partial charge is 0.460 e. The third-order valence-corrected chi connectivity index (χ3v) is 3.57. The molecule has 1 amide bonds. The molecular formula is C16H24N4O2. The minimum Gasteiger partial charge on any atom is -0.460 e. The molecule has 120 valence electrons. The summed E-state index contributed by atoms with van der Waals surface area (Å²) in [5, 5.41) is 13.2. The van der Waals surface area contributed by atoms with Crippen molar-refractivity contribution in [2.75, 3.05) is 6.54 Å². The van der Waals surface area contributed by atoms with Crippen LogP contribution >= 0.6 is 0 Å². The van der Waals surface area contributed by atoms with Crippen LogP contribution in [0.1, 0.15) is 38.0 Å². The molecular weight excluding hydrogens is 280 g/mol. The van der Waals surface area contributed by atoms with Gasteiger partial charge in [-0.3, -0.25) is 9.89 Å². The molecule has 0 aliphatic carbocycles. The number of aryl methyl sites for hydroxylation is 1. The van der Waals surface area contributed by atoms with Crippen LogP contribution in [0.25, 0.3) is 11.5 Å². The molecule has 3 N–H and O–H groups in total. The van der Waals surface area contributed by atoms with Crippen LogP contribution in [0, 0.1) is 6.92 Å². The zero-order chi connectivity index (χ0) is 15.9. The van der Waals surface area contributed by atoms with E-state index >= 15 is 0 Å². The van der Waals surface area contributed by atoms with E-state index < -0.39 is 0 Å². The van der Waals surface area contributed by atoms with E-state index in [1.54, 1.807) is 6.20 Å². The molecule has 2 heterocycles. The van der Waals surface area contributed by atoms with Gasteiger partial charge in [-0.1, -0.05) is 6.92 Å². The summed E-state index contributed by atoms with van der Waals surface area (Å²) in [6.07, 6.45) is 3.19. The Labute approximate surface area is 130 Å². The van der Waals surface area contributed by atoms with Gasteiger partial charge in [0.1, 0.15) is 11.5 Å². The molecule has 0 aromatic carbocycles. The van der Waals surface area contributed by atoms with Crippen molar-refractivity contribution >= 4 is 5.91 Å². The lowest BCUT2D eigenvalue weighted by atomic mass is 10.2. The Bertz CT molecular complexity index is 603. The summed E-state index contributed by atoms with van der Waals surface area (Å²) in [6, 6.07) is 4.08. The predicted octanol–water partition coefficient (Wildman–Crippen LogP) is 2.37. The molecule has 0 fully saturated rings. The zero-order valence-corrected chi connectivity index (χ0v) is 13.4. The molecule has 0 saturated carbocycles. The maximum Gasteiger partial charge on any atom is 0.221 e. The van der Waals surface area contributed by atoms with Gasteiger partial charge in [-0.25, -0.2) is 0 Å². The van der Waals surface area contributed by atoms with Crippen molar-refractivity contribution in [3.8, 4) is 11.5 Å². The Hall–Kier alpha value is -2.08. The summed E-state index contributed by atoms with van der Waals surface area (Å²) >= 11 is 0. The summed E-state index contributed by atoms with van der Waals surface area (Å²) in [5.41, 5.74) is 1.90. The molecule has 2 rings (SSSR count). The van der Waals surface area contributed by atoms with Crippen molar-refractivity contribution in [3.63, 3.8) is 0 Å². The highest BCUT2D eigenvalue weighted by molar-refractivity contribution is 5.76. The lowest BCUT2D eigenvalue weighted by Gasteiger charge is -2.11. The number of rotatable bonds is 8. The fourth-order valence-corrected chi connectivity index (χ4v) is 2.10. The maximum absolute atomic E-state index is 11.7. The molecule has 0 aliphatic rings. The fraction of sp³-hybridized carbons (Fsp3) is 0.500. The van der Waals surface area contributed by atoms with Crippen molar-refractivity contribution < 1.29 is 9.21 Å². The Morgan fingerprint density at radius 1 is 1.45 bits per heavy atom. The van der Waals surface area contributed by atoms with E-state index in [1.165, 1.54) is 0 Å². The minimum absolute atomic E-state index is 0.0796. The highest BCUT2D eigenvalue weighted by Crippen LogP contribution is 2.23. The topological polar surface area (TPSA) is 83.0 Å². The van der Waals surface area contributed by atoms with Gasteiger partial charge in [0, 0.05) is 31.1 Å². The number of amides is 1. The zero-order valence-electron chi connectivity index (χ0n) is 13.4. The molecule has 0 bridgehead atoms. The van der Waals surface area contributed by atoms with Crippen molar-refractivity contribution in [3.05, 3.63) is 29.7 Å². The van der Waals surface area contributed by atoms with E-state index in [0.29, 0.717) is 19.5 Å². The van der Waals surface area contributed by atoms with Gasteiger partial charge >= 0.3 is 0 Å². The number of H-pyrrole nitrogens is 1. The molecule has 0 saturated heterocycles. The molecule has 6 nitrogen and oxygen atoms in total. The van der Waals surface area contributed by atoms with E-state index in [4.69, 9.17) is 4.42 Å². The van der Waals surface area contributed by atoms with E-state index in [-0.39, 0.29) is 11.9 Å². The van der Waals surface area contributed by atoms with Crippen LogP contribution in [0.2, 0.25) is 0 Å². The maximum atomic E-state index is 11.7. The second-order valence-electron chi connectivity index (χ2n) is 5.48. The monoisotopic (exact) mass is 304 g/mol. The smallest absolute Gasteiger partial charge is 0.221 e. The summed E-state index contributed by atoms with van der Waals surface area (Å²) in [5.74, 6) is 1.72. The van der Waals surface area contributed by atoms with Gasteiger partial charge in [-0.15, -0.1) is 0 Å². The second-order valence-corrected chi connectivity index (χ2v) is 5.48. The van der Waals surface area contributed by atoms with Crippen LogP contribution in [-0.4, -0.2) is 28.7 Å². The fourth-order valence-electron chi connectivity index (χ4n) is 2.10. The van der Waals surface area contributed by atoms with Gasteiger partial charge in [0.15, 0.2) is 5.76 Å². The van der Waals surface area contributed by atoms with Crippen LogP contribution in [0.5, 0.6) is 0 Å². The van der Waals surface area contributed by atoms with Gasteiger partial charge < -0.3 is 15.1 Å². The van der Waals surface area contributed by atoms with Gasteiger partial charge in [0.25, 0.3) is 0 Å². The standard InChI is InChI=1S/C16H24N4O2/c1-4-11(2)19-15(21)7-8-17-9-13-10-18-20-16(13)14-6-5-12(3)22-14/h5-6,10-11,17H,4,7-9H2,1-3H3,(H,18,20)(H,19,21). The molecule has 1 unspecified atom stereocenters. The molecule has 1 atom stereocenters. The van der Waals surface area contributed by atoms with E-state index in [1.807, 2.05) is 26.0 Å². The molecule has 2 aromatic heterocycles. The molecule has 0 radical (unpaired) electrons. The summed E-state index contributed by atoms with van der Waals surface area (Å²) < 4.78 is 5.61. The number of aromatic nitrogens is 2. The summed E-state index contributed by atoms with van der Waals surface area (Å²) in [7, 11) is 0. The molecule has 0 spiro atoms. The average Bonchev–Trinajstić information content (AvgIpc) is 3.11. The number of nitrogens with zero attached hydrogens (tertiary/aromatic N) is 1. The second kappa shape index (κ2) is 7.79.